The van der Waals surface area contributed by atoms with Crippen molar-refractivity contribution in [2.24, 2.45) is 0 Å². The van der Waals surface area contributed by atoms with Gasteiger partial charge in [-0.2, -0.15) is 0 Å². The lowest BCUT2D eigenvalue weighted by Crippen LogP contribution is -1.93. The Kier molecular flexibility index (Phi) is 2.13. The SMILES string of the molecule is O=C(O)c1coc2c(Cl)ccc(Cl)c12. The predicted octanol–water partition coefficient (Wildman–Crippen LogP) is 3.44. The fourth-order valence-electron chi connectivity index (χ4n) is 1.23. The van der Waals surface area contributed by atoms with Crippen LogP contribution in [0.2, 0.25) is 10.0 Å². The zero-order chi connectivity index (χ0) is 10.3. The third-order valence-electron chi connectivity index (χ3n) is 1.85. The van der Waals surface area contributed by atoms with E-state index in [4.69, 9.17) is 32.7 Å². The molecular weight excluding hydrogens is 227 g/mol. The number of carboxylic acids is 1. The Morgan fingerprint density at radius 1 is 1.29 bits per heavy atom. The molecule has 0 radical (unpaired) electrons. The summed E-state index contributed by atoms with van der Waals surface area (Å²) in [5.74, 6) is -1.09. The van der Waals surface area contributed by atoms with Gasteiger partial charge in [-0.1, -0.05) is 23.2 Å². The topological polar surface area (TPSA) is 50.4 Å². The van der Waals surface area contributed by atoms with E-state index < -0.39 is 5.97 Å². The molecular formula is C9H4Cl2O3. The van der Waals surface area contributed by atoms with Crippen molar-refractivity contribution in [3.63, 3.8) is 0 Å². The average Bonchev–Trinajstić information content (AvgIpc) is 2.56. The van der Waals surface area contributed by atoms with E-state index in [9.17, 15) is 4.79 Å². The van der Waals surface area contributed by atoms with Crippen molar-refractivity contribution in [3.8, 4) is 0 Å². The molecule has 1 aromatic heterocycles. The quantitative estimate of drug-likeness (QED) is 0.817. The number of fused-ring (bicyclic) bond motifs is 1. The molecule has 0 fully saturated rings. The van der Waals surface area contributed by atoms with Crippen molar-refractivity contribution in [3.05, 3.63) is 34.0 Å². The Hall–Kier alpha value is -1.19. The molecule has 0 atom stereocenters. The number of carboxylic acid groups (broad SMARTS) is 1. The fraction of sp³-hybridized carbons (Fsp3) is 0. The molecule has 0 bridgehead atoms. The van der Waals surface area contributed by atoms with Crippen molar-refractivity contribution in [2.75, 3.05) is 0 Å². The molecule has 0 saturated carbocycles. The van der Waals surface area contributed by atoms with Crippen LogP contribution in [0.3, 0.4) is 0 Å². The van der Waals surface area contributed by atoms with Gasteiger partial charge in [0.05, 0.1) is 15.4 Å². The first-order valence-electron chi connectivity index (χ1n) is 3.69. The highest BCUT2D eigenvalue weighted by molar-refractivity contribution is 6.40. The molecule has 0 spiro atoms. The Balaban J connectivity index is 2.90. The predicted molar refractivity (Wildman–Crippen MR) is 53.2 cm³/mol. The Labute approximate surface area is 88.8 Å². The van der Waals surface area contributed by atoms with Crippen molar-refractivity contribution in [2.45, 2.75) is 0 Å². The van der Waals surface area contributed by atoms with Gasteiger partial charge in [0.2, 0.25) is 0 Å². The van der Waals surface area contributed by atoms with Crippen LogP contribution in [0.15, 0.2) is 22.8 Å². The summed E-state index contributed by atoms with van der Waals surface area (Å²) in [7, 11) is 0. The summed E-state index contributed by atoms with van der Waals surface area (Å²) < 4.78 is 5.02. The first kappa shape index (κ1) is 9.37. The highest BCUT2D eigenvalue weighted by atomic mass is 35.5. The summed E-state index contributed by atoms with van der Waals surface area (Å²) in [6.07, 6.45) is 1.13. The van der Waals surface area contributed by atoms with E-state index in [-0.39, 0.29) is 5.56 Å². The number of hydrogen-bond donors (Lipinski definition) is 1. The second-order valence-electron chi connectivity index (χ2n) is 2.69. The van der Waals surface area contributed by atoms with Gasteiger partial charge in [-0.25, -0.2) is 4.79 Å². The summed E-state index contributed by atoms with van der Waals surface area (Å²) in [6, 6.07) is 3.09. The lowest BCUT2D eigenvalue weighted by Gasteiger charge is -1.95. The normalized spacial score (nSPS) is 10.7. The highest BCUT2D eigenvalue weighted by Gasteiger charge is 2.17. The average molecular weight is 231 g/mol. The van der Waals surface area contributed by atoms with Crippen molar-refractivity contribution in [1.82, 2.24) is 0 Å². The Morgan fingerprint density at radius 3 is 2.57 bits per heavy atom. The van der Waals surface area contributed by atoms with E-state index in [1.165, 1.54) is 6.07 Å². The molecule has 3 nitrogen and oxygen atoms in total. The van der Waals surface area contributed by atoms with Crippen LogP contribution >= 0.6 is 23.2 Å². The number of furan rings is 1. The van der Waals surface area contributed by atoms with E-state index >= 15 is 0 Å². The summed E-state index contributed by atoms with van der Waals surface area (Å²) in [5.41, 5.74) is 0.323. The second-order valence-corrected chi connectivity index (χ2v) is 3.50. The van der Waals surface area contributed by atoms with Crippen LogP contribution in [0.5, 0.6) is 0 Å². The first-order valence-corrected chi connectivity index (χ1v) is 4.45. The lowest BCUT2D eigenvalue weighted by molar-refractivity contribution is 0.0698. The molecule has 0 unspecified atom stereocenters. The second kappa shape index (κ2) is 3.19. The highest BCUT2D eigenvalue weighted by Crippen LogP contribution is 2.33. The number of hydrogen-bond acceptors (Lipinski definition) is 2. The van der Waals surface area contributed by atoms with E-state index in [1.54, 1.807) is 6.07 Å². The number of halogens is 2. The molecule has 1 aromatic carbocycles. The van der Waals surface area contributed by atoms with E-state index in [0.29, 0.717) is 21.0 Å². The van der Waals surface area contributed by atoms with Gasteiger partial charge in [0, 0.05) is 0 Å². The van der Waals surface area contributed by atoms with Gasteiger partial charge in [0.1, 0.15) is 11.8 Å². The van der Waals surface area contributed by atoms with Gasteiger partial charge in [-0.3, -0.25) is 0 Å². The van der Waals surface area contributed by atoms with Gasteiger partial charge in [-0.15, -0.1) is 0 Å². The van der Waals surface area contributed by atoms with Crippen molar-refractivity contribution < 1.29 is 14.3 Å². The third kappa shape index (κ3) is 1.25. The molecule has 2 rings (SSSR count). The van der Waals surface area contributed by atoms with Crippen LogP contribution in [0.4, 0.5) is 0 Å². The fourth-order valence-corrected chi connectivity index (χ4v) is 1.69. The van der Waals surface area contributed by atoms with Gasteiger partial charge in [-0.05, 0) is 12.1 Å². The van der Waals surface area contributed by atoms with Crippen LogP contribution < -0.4 is 0 Å². The summed E-state index contributed by atoms with van der Waals surface area (Å²) >= 11 is 11.6. The largest absolute Gasteiger partial charge is 0.478 e. The molecule has 0 aliphatic heterocycles. The molecule has 2 aromatic rings. The summed E-state index contributed by atoms with van der Waals surface area (Å²) in [4.78, 5) is 10.8. The van der Waals surface area contributed by atoms with Crippen LogP contribution in [0, 0.1) is 0 Å². The maximum Gasteiger partial charge on any atom is 0.339 e. The summed E-state index contributed by atoms with van der Waals surface area (Å²) in [6.45, 7) is 0. The molecule has 0 aliphatic rings. The lowest BCUT2D eigenvalue weighted by atomic mass is 10.2. The van der Waals surface area contributed by atoms with E-state index in [1.807, 2.05) is 0 Å². The number of aromatic carboxylic acids is 1. The van der Waals surface area contributed by atoms with E-state index in [0.717, 1.165) is 6.26 Å². The van der Waals surface area contributed by atoms with Crippen molar-refractivity contribution >= 4 is 40.1 Å². The van der Waals surface area contributed by atoms with Gasteiger partial charge < -0.3 is 9.52 Å². The molecule has 5 heteroatoms. The minimum absolute atomic E-state index is 0.0208. The maximum atomic E-state index is 10.8. The monoisotopic (exact) mass is 230 g/mol. The zero-order valence-corrected chi connectivity index (χ0v) is 8.26. The molecule has 1 heterocycles. The van der Waals surface area contributed by atoms with Gasteiger partial charge in [0.15, 0.2) is 5.58 Å². The molecule has 0 amide bonds. The van der Waals surface area contributed by atoms with Crippen LogP contribution in [-0.4, -0.2) is 11.1 Å². The molecule has 1 N–H and O–H groups in total. The molecule has 14 heavy (non-hydrogen) atoms. The maximum absolute atomic E-state index is 10.8. The number of carbonyl (C=O) groups is 1. The first-order chi connectivity index (χ1) is 6.61. The zero-order valence-electron chi connectivity index (χ0n) is 6.75. The molecule has 72 valence electrons. The number of rotatable bonds is 1. The van der Waals surface area contributed by atoms with Crippen LogP contribution in [-0.2, 0) is 0 Å². The van der Waals surface area contributed by atoms with Gasteiger partial charge in [0.25, 0.3) is 0 Å². The molecule has 0 saturated heterocycles. The van der Waals surface area contributed by atoms with E-state index in [2.05, 4.69) is 0 Å². The van der Waals surface area contributed by atoms with Crippen LogP contribution in [0.25, 0.3) is 11.0 Å². The molecule has 0 aliphatic carbocycles. The van der Waals surface area contributed by atoms with Gasteiger partial charge >= 0.3 is 5.97 Å². The smallest absolute Gasteiger partial charge is 0.339 e. The summed E-state index contributed by atoms with van der Waals surface area (Å²) in [5, 5.41) is 9.82. The standard InChI is InChI=1S/C9H4Cl2O3/c10-5-1-2-6(11)8-7(5)4(3-14-8)9(12)13/h1-3H,(H,12,13). The minimum atomic E-state index is -1.09. The number of benzene rings is 1. The Bertz CT molecular complexity index is 516. The minimum Gasteiger partial charge on any atom is -0.478 e. The Morgan fingerprint density at radius 2 is 1.93 bits per heavy atom. The van der Waals surface area contributed by atoms with Crippen LogP contribution in [0.1, 0.15) is 10.4 Å². The third-order valence-corrected chi connectivity index (χ3v) is 2.47. The van der Waals surface area contributed by atoms with Crippen molar-refractivity contribution in [1.29, 1.82) is 0 Å².